The lowest BCUT2D eigenvalue weighted by atomic mass is 10.2. The van der Waals surface area contributed by atoms with Crippen LogP contribution in [-0.4, -0.2) is 42.2 Å². The first kappa shape index (κ1) is 19.1. The van der Waals surface area contributed by atoms with Crippen molar-refractivity contribution in [2.24, 2.45) is 0 Å². The Balaban J connectivity index is 1.34. The molecule has 1 amide bonds. The quantitative estimate of drug-likeness (QED) is 0.500. The van der Waals surface area contributed by atoms with E-state index in [0.29, 0.717) is 34.3 Å². The Morgan fingerprint density at radius 3 is 2.80 bits per heavy atom. The molecule has 0 atom stereocenters. The van der Waals surface area contributed by atoms with Crippen LogP contribution in [-0.2, 0) is 4.74 Å². The van der Waals surface area contributed by atoms with Crippen LogP contribution in [0.2, 0.25) is 0 Å². The molecule has 152 valence electrons. The van der Waals surface area contributed by atoms with E-state index in [4.69, 9.17) is 9.72 Å². The van der Waals surface area contributed by atoms with Crippen molar-refractivity contribution in [3.8, 4) is 10.6 Å². The second-order valence-electron chi connectivity index (χ2n) is 6.74. The molecule has 0 bridgehead atoms. The standard InChI is InChI=1S/C21H17FN4O2S2/c22-15-4-2-1-3-14(15)20-23-12-18(29-20)19(27)24-13-5-6-16-17(11-13)30-21(25-16)26-7-9-28-10-8-26/h1-6,11-12H,7-10H2,(H,24,27). The number of morpholine rings is 1. The van der Waals surface area contributed by atoms with Gasteiger partial charge in [-0.1, -0.05) is 23.5 Å². The lowest BCUT2D eigenvalue weighted by Crippen LogP contribution is -2.36. The van der Waals surface area contributed by atoms with Crippen molar-refractivity contribution in [2.75, 3.05) is 36.5 Å². The van der Waals surface area contributed by atoms with E-state index in [2.05, 4.69) is 15.2 Å². The molecule has 1 aliphatic rings. The van der Waals surface area contributed by atoms with Gasteiger partial charge in [0.1, 0.15) is 15.7 Å². The van der Waals surface area contributed by atoms with Crippen LogP contribution >= 0.6 is 22.7 Å². The van der Waals surface area contributed by atoms with Crippen molar-refractivity contribution in [3.63, 3.8) is 0 Å². The fraction of sp³-hybridized carbons (Fsp3) is 0.190. The number of halogens is 1. The number of nitrogens with one attached hydrogen (secondary N) is 1. The Morgan fingerprint density at radius 1 is 1.13 bits per heavy atom. The summed E-state index contributed by atoms with van der Waals surface area (Å²) in [5.41, 5.74) is 1.98. The molecule has 0 spiro atoms. The fourth-order valence-electron chi connectivity index (χ4n) is 3.21. The third-order valence-corrected chi connectivity index (χ3v) is 6.86. The van der Waals surface area contributed by atoms with Crippen molar-refractivity contribution in [3.05, 3.63) is 59.4 Å². The molecule has 0 radical (unpaired) electrons. The summed E-state index contributed by atoms with van der Waals surface area (Å²) in [6.45, 7) is 3.08. The zero-order valence-electron chi connectivity index (χ0n) is 15.8. The van der Waals surface area contributed by atoms with Crippen LogP contribution < -0.4 is 10.2 Å². The van der Waals surface area contributed by atoms with Crippen molar-refractivity contribution in [2.45, 2.75) is 0 Å². The summed E-state index contributed by atoms with van der Waals surface area (Å²) >= 11 is 2.76. The number of amides is 1. The number of carbonyl (C=O) groups excluding carboxylic acids is 1. The minimum atomic E-state index is -0.356. The van der Waals surface area contributed by atoms with Gasteiger partial charge in [0.2, 0.25) is 0 Å². The lowest BCUT2D eigenvalue weighted by molar-refractivity contribution is 0.103. The van der Waals surface area contributed by atoms with E-state index < -0.39 is 0 Å². The predicted octanol–water partition coefficient (Wildman–Crippen LogP) is 4.65. The van der Waals surface area contributed by atoms with Crippen LogP contribution in [0.5, 0.6) is 0 Å². The maximum atomic E-state index is 14.0. The third-order valence-electron chi connectivity index (χ3n) is 4.75. The van der Waals surface area contributed by atoms with Gasteiger partial charge in [0.15, 0.2) is 5.13 Å². The van der Waals surface area contributed by atoms with Gasteiger partial charge in [-0.25, -0.2) is 14.4 Å². The topological polar surface area (TPSA) is 67.4 Å². The zero-order valence-corrected chi connectivity index (χ0v) is 17.4. The zero-order chi connectivity index (χ0) is 20.5. The number of hydrogen-bond donors (Lipinski definition) is 1. The highest BCUT2D eigenvalue weighted by Crippen LogP contribution is 2.32. The van der Waals surface area contributed by atoms with E-state index in [9.17, 15) is 9.18 Å². The summed E-state index contributed by atoms with van der Waals surface area (Å²) in [7, 11) is 0. The second-order valence-corrected chi connectivity index (χ2v) is 8.78. The van der Waals surface area contributed by atoms with Crippen LogP contribution in [0.3, 0.4) is 0 Å². The van der Waals surface area contributed by atoms with Crippen LogP contribution in [0.15, 0.2) is 48.7 Å². The molecular weight excluding hydrogens is 423 g/mol. The molecule has 2 aromatic carbocycles. The summed E-state index contributed by atoms with van der Waals surface area (Å²) in [4.78, 5) is 24.2. The Labute approximate surface area is 180 Å². The SMILES string of the molecule is O=C(Nc1ccc2nc(N3CCOCC3)sc2c1)c1cnc(-c2ccccc2F)s1. The first-order valence-electron chi connectivity index (χ1n) is 9.43. The molecule has 1 aliphatic heterocycles. The maximum absolute atomic E-state index is 14.0. The summed E-state index contributed by atoms with van der Waals surface area (Å²) in [5.74, 6) is -0.627. The van der Waals surface area contributed by atoms with Crippen LogP contribution in [0.1, 0.15) is 9.67 Å². The first-order chi connectivity index (χ1) is 14.7. The Morgan fingerprint density at radius 2 is 1.97 bits per heavy atom. The molecule has 0 unspecified atom stereocenters. The average Bonchev–Trinajstić information content (AvgIpc) is 3.42. The highest BCUT2D eigenvalue weighted by atomic mass is 32.1. The number of hydrogen-bond acceptors (Lipinski definition) is 7. The Hall–Kier alpha value is -2.88. The van der Waals surface area contributed by atoms with Crippen molar-refractivity contribution >= 4 is 49.6 Å². The number of ether oxygens (including phenoxy) is 1. The summed E-state index contributed by atoms with van der Waals surface area (Å²) in [6.07, 6.45) is 1.48. The van der Waals surface area contributed by atoms with Crippen LogP contribution in [0, 0.1) is 5.82 Å². The number of anilines is 2. The summed E-state index contributed by atoms with van der Waals surface area (Å²) < 4.78 is 20.4. The molecule has 30 heavy (non-hydrogen) atoms. The Bertz CT molecular complexity index is 1220. The average molecular weight is 441 g/mol. The highest BCUT2D eigenvalue weighted by molar-refractivity contribution is 7.22. The fourth-order valence-corrected chi connectivity index (χ4v) is 5.11. The summed E-state index contributed by atoms with van der Waals surface area (Å²) in [6, 6.07) is 12.1. The molecule has 1 fully saturated rings. The number of carbonyl (C=O) groups is 1. The number of fused-ring (bicyclic) bond motifs is 1. The van der Waals surface area contributed by atoms with E-state index in [1.165, 1.54) is 12.3 Å². The highest BCUT2D eigenvalue weighted by Gasteiger charge is 2.17. The Kier molecular flexibility index (Phi) is 5.16. The predicted molar refractivity (Wildman–Crippen MR) is 118 cm³/mol. The number of nitrogens with zero attached hydrogens (tertiary/aromatic N) is 3. The molecule has 2 aromatic heterocycles. The van der Waals surface area contributed by atoms with Gasteiger partial charge in [-0.3, -0.25) is 4.79 Å². The van der Waals surface area contributed by atoms with E-state index in [-0.39, 0.29) is 11.7 Å². The van der Waals surface area contributed by atoms with Crippen molar-refractivity contribution in [1.82, 2.24) is 9.97 Å². The molecular formula is C21H17FN4O2S2. The monoisotopic (exact) mass is 440 g/mol. The van der Waals surface area contributed by atoms with Crippen LogP contribution in [0.25, 0.3) is 20.8 Å². The number of aromatic nitrogens is 2. The van der Waals surface area contributed by atoms with Gasteiger partial charge in [-0.05, 0) is 30.3 Å². The second kappa shape index (κ2) is 8.10. The number of rotatable bonds is 4. The molecule has 9 heteroatoms. The molecule has 6 nitrogen and oxygen atoms in total. The van der Waals surface area contributed by atoms with E-state index >= 15 is 0 Å². The normalized spacial score (nSPS) is 14.2. The lowest BCUT2D eigenvalue weighted by Gasteiger charge is -2.25. The van der Waals surface area contributed by atoms with E-state index in [1.54, 1.807) is 29.5 Å². The van der Waals surface area contributed by atoms with Gasteiger partial charge in [0, 0.05) is 24.3 Å². The van der Waals surface area contributed by atoms with Crippen molar-refractivity contribution in [1.29, 1.82) is 0 Å². The molecule has 0 aliphatic carbocycles. The molecule has 5 rings (SSSR count). The van der Waals surface area contributed by atoms with Gasteiger partial charge in [-0.2, -0.15) is 0 Å². The molecule has 1 N–H and O–H groups in total. The molecule has 4 aromatic rings. The third kappa shape index (κ3) is 3.79. The number of thiazole rings is 2. The smallest absolute Gasteiger partial charge is 0.267 e. The largest absolute Gasteiger partial charge is 0.378 e. The minimum absolute atomic E-state index is 0.271. The van der Waals surface area contributed by atoms with Gasteiger partial charge in [0.05, 0.1) is 29.6 Å². The molecule has 1 saturated heterocycles. The molecule has 3 heterocycles. The summed E-state index contributed by atoms with van der Waals surface area (Å²) in [5, 5.41) is 4.35. The van der Waals surface area contributed by atoms with Gasteiger partial charge in [-0.15, -0.1) is 11.3 Å². The van der Waals surface area contributed by atoms with Gasteiger partial charge >= 0.3 is 0 Å². The number of benzene rings is 2. The van der Waals surface area contributed by atoms with Gasteiger partial charge in [0.25, 0.3) is 5.91 Å². The first-order valence-corrected chi connectivity index (χ1v) is 11.1. The van der Waals surface area contributed by atoms with Crippen LogP contribution in [0.4, 0.5) is 15.2 Å². The van der Waals surface area contributed by atoms with Gasteiger partial charge < -0.3 is 15.0 Å². The molecule has 0 saturated carbocycles. The minimum Gasteiger partial charge on any atom is -0.378 e. The van der Waals surface area contributed by atoms with E-state index in [1.807, 2.05) is 18.2 Å². The maximum Gasteiger partial charge on any atom is 0.267 e. The van der Waals surface area contributed by atoms with E-state index in [0.717, 1.165) is 39.8 Å². The van der Waals surface area contributed by atoms with Crippen molar-refractivity contribution < 1.29 is 13.9 Å².